The van der Waals surface area contributed by atoms with Crippen molar-refractivity contribution in [1.82, 2.24) is 0 Å². The molecule has 128 valence electrons. The molecule has 0 bridgehead atoms. The molecular weight excluding hydrogens is 325 g/mol. The van der Waals surface area contributed by atoms with Crippen LogP contribution in [0.25, 0.3) is 0 Å². The van der Waals surface area contributed by atoms with E-state index >= 15 is 0 Å². The summed E-state index contributed by atoms with van der Waals surface area (Å²) in [6.07, 6.45) is -4.43. The van der Waals surface area contributed by atoms with E-state index in [0.717, 1.165) is 17.2 Å². The van der Waals surface area contributed by atoms with E-state index in [9.17, 15) is 13.2 Å². The second kappa shape index (κ2) is 6.51. The fraction of sp³-hybridized carbons (Fsp3) is 0.100. The fourth-order valence-corrected chi connectivity index (χ4v) is 2.94. The number of alkyl halides is 3. The van der Waals surface area contributed by atoms with Crippen molar-refractivity contribution >= 4 is 11.4 Å². The lowest BCUT2D eigenvalue weighted by atomic mass is 9.82. The standard InChI is InChI=1S/C20H17F3N2/c21-20(22,23)18-4-2-1-3-17(18)19(13-5-9-15(24)10-6-13)14-7-11-16(25)12-8-14/h1-12,19H,24-25H2. The third-order valence-corrected chi connectivity index (χ3v) is 4.12. The minimum atomic E-state index is -4.43. The Morgan fingerprint density at radius 1 is 0.640 bits per heavy atom. The van der Waals surface area contributed by atoms with Crippen molar-refractivity contribution in [2.24, 2.45) is 0 Å². The van der Waals surface area contributed by atoms with Crippen LogP contribution in [0.2, 0.25) is 0 Å². The quantitative estimate of drug-likeness (QED) is 0.517. The van der Waals surface area contributed by atoms with Crippen LogP contribution in [0.15, 0.2) is 72.8 Å². The van der Waals surface area contributed by atoms with E-state index in [0.29, 0.717) is 11.4 Å². The maximum Gasteiger partial charge on any atom is 0.416 e. The van der Waals surface area contributed by atoms with Gasteiger partial charge in [-0.2, -0.15) is 13.2 Å². The summed E-state index contributed by atoms with van der Waals surface area (Å²) in [5.41, 5.74) is 13.6. The van der Waals surface area contributed by atoms with E-state index in [2.05, 4.69) is 0 Å². The van der Waals surface area contributed by atoms with Gasteiger partial charge in [0.25, 0.3) is 0 Å². The second-order valence-electron chi connectivity index (χ2n) is 5.85. The van der Waals surface area contributed by atoms with E-state index in [1.807, 2.05) is 0 Å². The van der Waals surface area contributed by atoms with Crippen molar-refractivity contribution in [2.45, 2.75) is 12.1 Å². The lowest BCUT2D eigenvalue weighted by Crippen LogP contribution is -2.14. The summed E-state index contributed by atoms with van der Waals surface area (Å²) in [5, 5.41) is 0. The molecular formula is C20H17F3N2. The molecule has 25 heavy (non-hydrogen) atoms. The zero-order valence-electron chi connectivity index (χ0n) is 13.3. The topological polar surface area (TPSA) is 52.0 Å². The van der Waals surface area contributed by atoms with Crippen LogP contribution in [0, 0.1) is 0 Å². The highest BCUT2D eigenvalue weighted by Gasteiger charge is 2.35. The summed E-state index contributed by atoms with van der Waals surface area (Å²) >= 11 is 0. The maximum absolute atomic E-state index is 13.5. The predicted octanol–water partition coefficient (Wildman–Crippen LogP) is 5.05. The van der Waals surface area contributed by atoms with Gasteiger partial charge in [0, 0.05) is 17.3 Å². The number of hydrogen-bond acceptors (Lipinski definition) is 2. The van der Waals surface area contributed by atoms with Crippen molar-refractivity contribution in [3.63, 3.8) is 0 Å². The number of nitrogen functional groups attached to an aromatic ring is 2. The van der Waals surface area contributed by atoms with Crippen molar-refractivity contribution in [1.29, 1.82) is 0 Å². The molecule has 0 unspecified atom stereocenters. The van der Waals surface area contributed by atoms with Crippen molar-refractivity contribution < 1.29 is 13.2 Å². The molecule has 2 nitrogen and oxygen atoms in total. The molecule has 3 aromatic rings. The highest BCUT2D eigenvalue weighted by molar-refractivity contribution is 5.52. The van der Waals surface area contributed by atoms with Gasteiger partial charge in [0.1, 0.15) is 0 Å². The Bertz CT molecular complexity index is 808. The van der Waals surface area contributed by atoms with E-state index < -0.39 is 17.7 Å². The Hall–Kier alpha value is -2.95. The first kappa shape index (κ1) is 16.9. The molecule has 0 atom stereocenters. The normalized spacial score (nSPS) is 11.7. The molecule has 0 spiro atoms. The smallest absolute Gasteiger partial charge is 0.399 e. The number of halogens is 3. The molecule has 0 amide bonds. The van der Waals surface area contributed by atoms with Crippen LogP contribution in [0.1, 0.15) is 28.2 Å². The molecule has 0 aromatic heterocycles. The highest BCUT2D eigenvalue weighted by atomic mass is 19.4. The summed E-state index contributed by atoms with van der Waals surface area (Å²) in [4.78, 5) is 0. The van der Waals surface area contributed by atoms with Crippen LogP contribution >= 0.6 is 0 Å². The van der Waals surface area contributed by atoms with Gasteiger partial charge >= 0.3 is 6.18 Å². The van der Waals surface area contributed by atoms with Gasteiger partial charge in [-0.3, -0.25) is 0 Å². The molecule has 0 fully saturated rings. The molecule has 0 radical (unpaired) electrons. The predicted molar refractivity (Wildman–Crippen MR) is 94.1 cm³/mol. The second-order valence-corrected chi connectivity index (χ2v) is 5.85. The molecule has 0 saturated carbocycles. The van der Waals surface area contributed by atoms with E-state index in [1.54, 1.807) is 54.6 Å². The van der Waals surface area contributed by atoms with E-state index in [4.69, 9.17) is 11.5 Å². The zero-order chi connectivity index (χ0) is 18.0. The van der Waals surface area contributed by atoms with Crippen LogP contribution in [0.4, 0.5) is 24.5 Å². The Balaban J connectivity index is 2.22. The van der Waals surface area contributed by atoms with Gasteiger partial charge in [-0.15, -0.1) is 0 Å². The summed E-state index contributed by atoms with van der Waals surface area (Å²) in [5.74, 6) is -0.570. The number of rotatable bonds is 3. The van der Waals surface area contributed by atoms with Crippen LogP contribution in [-0.2, 0) is 6.18 Å². The van der Waals surface area contributed by atoms with Gasteiger partial charge < -0.3 is 11.5 Å². The first-order valence-corrected chi connectivity index (χ1v) is 7.73. The highest BCUT2D eigenvalue weighted by Crippen LogP contribution is 2.40. The largest absolute Gasteiger partial charge is 0.416 e. The van der Waals surface area contributed by atoms with Gasteiger partial charge in [0.15, 0.2) is 0 Å². The minimum absolute atomic E-state index is 0.199. The number of benzene rings is 3. The lowest BCUT2D eigenvalue weighted by molar-refractivity contribution is -0.138. The Morgan fingerprint density at radius 2 is 1.08 bits per heavy atom. The van der Waals surface area contributed by atoms with Crippen LogP contribution < -0.4 is 11.5 Å². The van der Waals surface area contributed by atoms with Crippen LogP contribution in [0.3, 0.4) is 0 Å². The molecule has 5 heteroatoms. The van der Waals surface area contributed by atoms with Gasteiger partial charge in [-0.25, -0.2) is 0 Å². The van der Waals surface area contributed by atoms with Crippen molar-refractivity contribution in [3.05, 3.63) is 95.1 Å². The molecule has 0 aliphatic heterocycles. The fourth-order valence-electron chi connectivity index (χ4n) is 2.94. The van der Waals surface area contributed by atoms with Gasteiger partial charge in [0.05, 0.1) is 5.56 Å². The summed E-state index contributed by atoms with van der Waals surface area (Å²) in [7, 11) is 0. The summed E-state index contributed by atoms with van der Waals surface area (Å²) in [6, 6.07) is 19.4. The Labute approximate surface area is 143 Å². The van der Waals surface area contributed by atoms with Crippen molar-refractivity contribution in [2.75, 3.05) is 11.5 Å². The monoisotopic (exact) mass is 342 g/mol. The average molecular weight is 342 g/mol. The minimum Gasteiger partial charge on any atom is -0.399 e. The Morgan fingerprint density at radius 3 is 1.52 bits per heavy atom. The van der Waals surface area contributed by atoms with E-state index in [1.165, 1.54) is 12.1 Å². The third kappa shape index (κ3) is 3.60. The molecule has 0 aliphatic carbocycles. The average Bonchev–Trinajstić information content (AvgIpc) is 2.58. The zero-order valence-corrected chi connectivity index (χ0v) is 13.3. The SMILES string of the molecule is Nc1ccc(C(c2ccc(N)cc2)c2ccccc2C(F)(F)F)cc1. The Kier molecular flexibility index (Phi) is 4.40. The molecule has 3 aromatic carbocycles. The third-order valence-electron chi connectivity index (χ3n) is 4.12. The van der Waals surface area contributed by atoms with Gasteiger partial charge in [0.2, 0.25) is 0 Å². The van der Waals surface area contributed by atoms with Crippen LogP contribution in [0.5, 0.6) is 0 Å². The van der Waals surface area contributed by atoms with Gasteiger partial charge in [-0.1, -0.05) is 42.5 Å². The van der Waals surface area contributed by atoms with Crippen LogP contribution in [-0.4, -0.2) is 0 Å². The number of nitrogens with two attached hydrogens (primary N) is 2. The summed E-state index contributed by atoms with van der Waals surface area (Å²) in [6.45, 7) is 0. The molecule has 4 N–H and O–H groups in total. The molecule has 3 rings (SSSR count). The number of anilines is 2. The lowest BCUT2D eigenvalue weighted by Gasteiger charge is -2.23. The molecule has 0 saturated heterocycles. The van der Waals surface area contributed by atoms with Crippen molar-refractivity contribution in [3.8, 4) is 0 Å². The first-order chi connectivity index (χ1) is 11.9. The molecule has 0 aliphatic rings. The van der Waals surface area contributed by atoms with Gasteiger partial charge in [-0.05, 0) is 47.0 Å². The van der Waals surface area contributed by atoms with E-state index in [-0.39, 0.29) is 5.56 Å². The number of hydrogen-bond donors (Lipinski definition) is 2. The summed E-state index contributed by atoms with van der Waals surface area (Å²) < 4.78 is 40.6. The maximum atomic E-state index is 13.5. The molecule has 0 heterocycles. The first-order valence-electron chi connectivity index (χ1n) is 7.73.